The summed E-state index contributed by atoms with van der Waals surface area (Å²) >= 11 is 6.23. The Labute approximate surface area is 190 Å². The molecule has 0 aliphatic heterocycles. The Bertz CT molecular complexity index is 1470. The molecule has 5 aromatic rings. The van der Waals surface area contributed by atoms with Crippen LogP contribution >= 0.6 is 11.6 Å². The molecule has 0 fully saturated rings. The second kappa shape index (κ2) is 8.06. The van der Waals surface area contributed by atoms with Crippen molar-refractivity contribution in [3.8, 4) is 16.9 Å². The van der Waals surface area contributed by atoms with E-state index in [-0.39, 0.29) is 0 Å². The van der Waals surface area contributed by atoms with Crippen LogP contribution in [-0.2, 0) is 6.54 Å². The minimum atomic E-state index is -0.454. The Morgan fingerprint density at radius 3 is 2.50 bits per heavy atom. The van der Waals surface area contributed by atoms with Gasteiger partial charge in [-0.05, 0) is 71.3 Å². The maximum absolute atomic E-state index is 12.2. The molecule has 1 amide bonds. The molecule has 0 aliphatic carbocycles. The Morgan fingerprint density at radius 2 is 1.78 bits per heavy atom. The first-order valence-electron chi connectivity index (χ1n) is 10.2. The molecule has 4 nitrogen and oxygen atoms in total. The van der Waals surface area contributed by atoms with E-state index in [2.05, 4.69) is 16.7 Å². The van der Waals surface area contributed by atoms with Crippen LogP contribution in [0.2, 0.25) is 5.02 Å². The average molecular weight is 440 g/mol. The summed E-state index contributed by atoms with van der Waals surface area (Å²) in [4.78, 5) is 12.2. The van der Waals surface area contributed by atoms with Crippen LogP contribution in [0.3, 0.4) is 0 Å². The summed E-state index contributed by atoms with van der Waals surface area (Å²) in [5.74, 6) is 0.352. The predicted molar refractivity (Wildman–Crippen MR) is 129 cm³/mol. The lowest BCUT2D eigenvalue weighted by atomic mass is 10.0. The number of benzene rings is 4. The number of hydrogen-bond donors (Lipinski definition) is 1. The molecule has 0 unspecified atom stereocenters. The van der Waals surface area contributed by atoms with Gasteiger partial charge in [0.1, 0.15) is 5.75 Å². The largest absolute Gasteiger partial charge is 0.497 e. The van der Waals surface area contributed by atoms with Crippen molar-refractivity contribution < 1.29 is 9.53 Å². The fraction of sp³-hybridized carbons (Fsp3) is 0.0741. The second-order valence-electron chi connectivity index (χ2n) is 7.66. The summed E-state index contributed by atoms with van der Waals surface area (Å²) in [6, 6.07) is 28.8. The number of halogens is 1. The van der Waals surface area contributed by atoms with Gasteiger partial charge in [0.15, 0.2) is 0 Å². The van der Waals surface area contributed by atoms with Gasteiger partial charge in [0, 0.05) is 27.9 Å². The van der Waals surface area contributed by atoms with Gasteiger partial charge in [0.05, 0.1) is 18.1 Å². The zero-order chi connectivity index (χ0) is 22.2. The van der Waals surface area contributed by atoms with Crippen molar-refractivity contribution in [2.24, 2.45) is 5.73 Å². The van der Waals surface area contributed by atoms with Crippen LogP contribution < -0.4 is 10.5 Å². The first-order valence-corrected chi connectivity index (χ1v) is 10.6. The van der Waals surface area contributed by atoms with E-state index in [1.165, 1.54) is 0 Å². The Kier molecular flexibility index (Phi) is 5.08. The Hall–Kier alpha value is -3.76. The van der Waals surface area contributed by atoms with Gasteiger partial charge in [-0.2, -0.15) is 0 Å². The highest BCUT2D eigenvalue weighted by Gasteiger charge is 2.17. The lowest BCUT2D eigenvalue weighted by molar-refractivity contribution is 0.100. The van der Waals surface area contributed by atoms with E-state index >= 15 is 0 Å². The van der Waals surface area contributed by atoms with Crippen LogP contribution in [0.25, 0.3) is 32.9 Å². The fourth-order valence-electron chi connectivity index (χ4n) is 4.20. The number of aromatic nitrogens is 1. The van der Waals surface area contributed by atoms with Gasteiger partial charge in [-0.25, -0.2) is 0 Å². The normalized spacial score (nSPS) is 11.2. The third-order valence-electron chi connectivity index (χ3n) is 5.71. The van der Waals surface area contributed by atoms with E-state index < -0.39 is 5.91 Å². The smallest absolute Gasteiger partial charge is 0.249 e. The van der Waals surface area contributed by atoms with Crippen molar-refractivity contribution in [1.29, 1.82) is 0 Å². The zero-order valence-corrected chi connectivity index (χ0v) is 18.2. The Morgan fingerprint density at radius 1 is 1.00 bits per heavy atom. The Balaban J connectivity index is 1.76. The van der Waals surface area contributed by atoms with Crippen LogP contribution in [0.4, 0.5) is 0 Å². The summed E-state index contributed by atoms with van der Waals surface area (Å²) in [7, 11) is 1.65. The van der Waals surface area contributed by atoms with Gasteiger partial charge in [-0.15, -0.1) is 0 Å². The first-order chi connectivity index (χ1) is 15.5. The van der Waals surface area contributed by atoms with Gasteiger partial charge < -0.3 is 15.0 Å². The number of rotatable bonds is 5. The predicted octanol–water partition coefficient (Wildman–Crippen LogP) is 6.07. The number of primary amides is 1. The van der Waals surface area contributed by atoms with Crippen molar-refractivity contribution >= 4 is 39.3 Å². The molecule has 4 aromatic carbocycles. The van der Waals surface area contributed by atoms with Crippen molar-refractivity contribution in [2.75, 3.05) is 7.11 Å². The third kappa shape index (κ3) is 3.49. The third-order valence-corrected chi connectivity index (χ3v) is 5.95. The van der Waals surface area contributed by atoms with E-state index in [1.807, 2.05) is 66.7 Å². The lowest BCUT2D eigenvalue weighted by Gasteiger charge is -2.10. The van der Waals surface area contributed by atoms with E-state index in [9.17, 15) is 4.79 Å². The molecule has 0 spiro atoms. The highest BCUT2D eigenvalue weighted by molar-refractivity contribution is 6.30. The van der Waals surface area contributed by atoms with E-state index in [4.69, 9.17) is 22.1 Å². The average Bonchev–Trinajstić information content (AvgIpc) is 3.12. The van der Waals surface area contributed by atoms with Crippen molar-refractivity contribution in [1.82, 2.24) is 4.57 Å². The van der Waals surface area contributed by atoms with Crippen molar-refractivity contribution in [3.63, 3.8) is 0 Å². The van der Waals surface area contributed by atoms with Gasteiger partial charge in [0.25, 0.3) is 0 Å². The molecule has 0 aliphatic rings. The minimum absolute atomic E-state index is 0.454. The maximum atomic E-state index is 12.2. The molecule has 5 rings (SSSR count). The molecule has 0 atom stereocenters. The number of hydrogen-bond acceptors (Lipinski definition) is 2. The van der Waals surface area contributed by atoms with Crippen molar-refractivity contribution in [2.45, 2.75) is 6.54 Å². The molecule has 0 saturated carbocycles. The molecule has 32 heavy (non-hydrogen) atoms. The molecule has 2 N–H and O–H groups in total. The summed E-state index contributed by atoms with van der Waals surface area (Å²) in [6.45, 7) is 0.600. The standard InChI is InChI=1S/C27H20ClN2O2/c1-32-21-11-8-18(9-12-21)19-10-13-22-25(15-19)30(16-17-4-2-5-20(28)14-17)24-7-3-6-23(26(22)24)27(29)31/h2-12,14-15H,16H2,1H3,(H2,29,31). The highest BCUT2D eigenvalue weighted by Crippen LogP contribution is 2.35. The number of ether oxygens (including phenoxy) is 1. The lowest BCUT2D eigenvalue weighted by Crippen LogP contribution is -2.11. The highest BCUT2D eigenvalue weighted by atomic mass is 35.5. The van der Waals surface area contributed by atoms with Crippen LogP contribution in [0.15, 0.2) is 78.9 Å². The maximum Gasteiger partial charge on any atom is 0.249 e. The van der Waals surface area contributed by atoms with Gasteiger partial charge in [-0.1, -0.05) is 41.9 Å². The van der Waals surface area contributed by atoms with E-state index in [0.717, 1.165) is 44.2 Å². The fourth-order valence-corrected chi connectivity index (χ4v) is 4.41. The summed E-state index contributed by atoms with van der Waals surface area (Å²) in [6.07, 6.45) is 0. The van der Waals surface area contributed by atoms with E-state index in [0.29, 0.717) is 17.1 Å². The monoisotopic (exact) mass is 439 g/mol. The molecular formula is C27H20ClN2O2. The molecule has 157 valence electrons. The molecular weight excluding hydrogens is 420 g/mol. The van der Waals surface area contributed by atoms with Gasteiger partial charge >= 0.3 is 0 Å². The summed E-state index contributed by atoms with van der Waals surface area (Å²) < 4.78 is 7.47. The minimum Gasteiger partial charge on any atom is -0.497 e. The van der Waals surface area contributed by atoms with Crippen LogP contribution in [0.5, 0.6) is 5.75 Å². The summed E-state index contributed by atoms with van der Waals surface area (Å²) in [5.41, 5.74) is 11.2. The number of nitrogens with two attached hydrogens (primary N) is 1. The van der Waals surface area contributed by atoms with Crippen LogP contribution in [-0.4, -0.2) is 17.6 Å². The molecule has 5 heteroatoms. The second-order valence-corrected chi connectivity index (χ2v) is 8.09. The SMILES string of the molecule is COc1ccc(-c2c[c]c3c4c(C(N)=O)cccc4n(Cc4cccc(Cl)c4)c3c2)cc1. The number of nitrogens with zero attached hydrogens (tertiary/aromatic N) is 1. The molecule has 1 radical (unpaired) electrons. The number of methoxy groups -OCH3 is 1. The molecule has 0 saturated heterocycles. The molecule has 1 heterocycles. The molecule has 0 bridgehead atoms. The quantitative estimate of drug-likeness (QED) is 0.361. The van der Waals surface area contributed by atoms with Crippen LogP contribution in [0.1, 0.15) is 15.9 Å². The summed E-state index contributed by atoms with van der Waals surface area (Å²) in [5, 5.41) is 2.37. The van der Waals surface area contributed by atoms with Crippen LogP contribution in [0, 0.1) is 6.07 Å². The molecule has 1 aromatic heterocycles. The zero-order valence-electron chi connectivity index (χ0n) is 17.4. The first kappa shape index (κ1) is 20.2. The number of amides is 1. The van der Waals surface area contributed by atoms with Gasteiger partial charge in [0.2, 0.25) is 5.91 Å². The number of carbonyl (C=O) groups is 1. The van der Waals surface area contributed by atoms with Gasteiger partial charge in [-0.3, -0.25) is 4.79 Å². The number of fused-ring (bicyclic) bond motifs is 3. The van der Waals surface area contributed by atoms with E-state index in [1.54, 1.807) is 13.2 Å². The number of carbonyl (C=O) groups excluding carboxylic acids is 1. The van der Waals surface area contributed by atoms with Crippen molar-refractivity contribution in [3.05, 3.63) is 101 Å². The topological polar surface area (TPSA) is 57.2 Å².